The molecule has 0 spiro atoms. The van der Waals surface area contributed by atoms with E-state index >= 15 is 0 Å². The van der Waals surface area contributed by atoms with Crippen LogP contribution in [0.25, 0.3) is 0 Å². The number of methoxy groups -OCH3 is 1. The third kappa shape index (κ3) is 5.90. The fourth-order valence-corrected chi connectivity index (χ4v) is 1.54. The second-order valence-corrected chi connectivity index (χ2v) is 9.87. The predicted molar refractivity (Wildman–Crippen MR) is 95.1 cm³/mol. The maximum Gasteiger partial charge on any atom is 0.338 e. The molecule has 1 rings (SSSR count). The van der Waals surface area contributed by atoms with Gasteiger partial charge in [0.25, 0.3) is 0 Å². The average molecular weight is 466 g/mol. The van der Waals surface area contributed by atoms with Gasteiger partial charge in [0.2, 0.25) is 0 Å². The number of rotatable bonds is 5. The molecule has 0 bridgehead atoms. The predicted octanol–water partition coefficient (Wildman–Crippen LogP) is 3.63. The number of benzene rings is 1. The van der Waals surface area contributed by atoms with E-state index in [2.05, 4.69) is 36.6 Å². The van der Waals surface area contributed by atoms with Crippen molar-refractivity contribution in [3.8, 4) is 11.5 Å². The summed E-state index contributed by atoms with van der Waals surface area (Å²) in [5.74, 6) is -1.66. The third-order valence-electron chi connectivity index (χ3n) is 2.69. The van der Waals surface area contributed by atoms with Gasteiger partial charge in [0.1, 0.15) is 20.1 Å². The zero-order valence-electron chi connectivity index (χ0n) is 13.9. The summed E-state index contributed by atoms with van der Waals surface area (Å²) in [5.41, 5.74) is 0.0883. The van der Waals surface area contributed by atoms with Crippen LogP contribution >= 0.6 is 31.9 Å². The van der Waals surface area contributed by atoms with Gasteiger partial charge >= 0.3 is 17.9 Å². The van der Waals surface area contributed by atoms with Gasteiger partial charge in [-0.15, -0.1) is 0 Å². The van der Waals surface area contributed by atoms with Crippen LogP contribution in [0.5, 0.6) is 11.5 Å². The summed E-state index contributed by atoms with van der Waals surface area (Å²) in [6.07, 6.45) is 0. The molecule has 1 aromatic rings. The number of hydrogen-bond donors (Lipinski definition) is 0. The Kier molecular flexibility index (Phi) is 6.58. The number of esters is 3. The van der Waals surface area contributed by atoms with Gasteiger partial charge in [-0.25, -0.2) is 4.79 Å². The molecule has 0 fully saturated rings. The Morgan fingerprint density at radius 2 is 1.21 bits per heavy atom. The van der Waals surface area contributed by atoms with E-state index in [-0.39, 0.29) is 17.1 Å². The molecule has 0 N–H and O–H groups in total. The van der Waals surface area contributed by atoms with E-state index in [1.54, 1.807) is 27.7 Å². The highest BCUT2D eigenvalue weighted by molar-refractivity contribution is 9.10. The maximum absolute atomic E-state index is 12.0. The Morgan fingerprint density at radius 3 is 1.50 bits per heavy atom. The summed E-state index contributed by atoms with van der Waals surface area (Å²) in [6.45, 7) is 6.48. The van der Waals surface area contributed by atoms with Crippen LogP contribution in [0.3, 0.4) is 0 Å². The van der Waals surface area contributed by atoms with Gasteiger partial charge in [-0.05, 0) is 39.8 Å². The molecule has 8 heteroatoms. The number of alkyl halides is 2. The molecule has 24 heavy (non-hydrogen) atoms. The molecule has 0 unspecified atom stereocenters. The molecule has 0 aliphatic carbocycles. The van der Waals surface area contributed by atoms with Gasteiger partial charge < -0.3 is 14.2 Å². The van der Waals surface area contributed by atoms with Gasteiger partial charge in [0.05, 0.1) is 12.7 Å². The minimum absolute atomic E-state index is 0.0607. The van der Waals surface area contributed by atoms with Crippen LogP contribution in [0.15, 0.2) is 18.2 Å². The first-order chi connectivity index (χ1) is 10.8. The number of carbonyl (C=O) groups excluding carboxylic acids is 3. The summed E-state index contributed by atoms with van der Waals surface area (Å²) in [7, 11) is 1.22. The number of ether oxygens (including phenoxy) is 3. The first-order valence-corrected chi connectivity index (χ1v) is 8.49. The third-order valence-corrected chi connectivity index (χ3v) is 3.34. The Morgan fingerprint density at radius 1 is 0.833 bits per heavy atom. The van der Waals surface area contributed by atoms with Crippen molar-refractivity contribution in [2.24, 2.45) is 0 Å². The lowest BCUT2D eigenvalue weighted by Crippen LogP contribution is -2.30. The van der Waals surface area contributed by atoms with E-state index < -0.39 is 26.6 Å². The minimum Gasteiger partial charge on any atom is -0.465 e. The second kappa shape index (κ2) is 7.65. The Balaban J connectivity index is 3.20. The molecule has 0 amide bonds. The fourth-order valence-electron chi connectivity index (χ4n) is 1.38. The van der Waals surface area contributed by atoms with Gasteiger partial charge in [-0.2, -0.15) is 0 Å². The number of carbonyl (C=O) groups is 3. The van der Waals surface area contributed by atoms with Crippen LogP contribution in [-0.4, -0.2) is 33.7 Å². The summed E-state index contributed by atoms with van der Waals surface area (Å²) in [5, 5.41) is 0. The highest BCUT2D eigenvalue weighted by Crippen LogP contribution is 2.28. The summed E-state index contributed by atoms with van der Waals surface area (Å²) in [6, 6.07) is 4.01. The molecule has 132 valence electrons. The normalized spacial score (nSPS) is 11.6. The lowest BCUT2D eigenvalue weighted by molar-refractivity contribution is -0.136. The van der Waals surface area contributed by atoms with Crippen molar-refractivity contribution in [3.63, 3.8) is 0 Å². The number of hydrogen-bond acceptors (Lipinski definition) is 6. The van der Waals surface area contributed by atoms with Gasteiger partial charge in [0.15, 0.2) is 0 Å². The quantitative estimate of drug-likeness (QED) is 0.375. The summed E-state index contributed by atoms with van der Waals surface area (Å²) < 4.78 is 13.3. The molecule has 6 nitrogen and oxygen atoms in total. The topological polar surface area (TPSA) is 78.9 Å². The lowest BCUT2D eigenvalue weighted by Gasteiger charge is -2.17. The van der Waals surface area contributed by atoms with Crippen molar-refractivity contribution < 1.29 is 28.6 Å². The molecule has 0 heterocycles. The zero-order chi connectivity index (χ0) is 18.7. The van der Waals surface area contributed by atoms with Crippen LogP contribution in [0.1, 0.15) is 38.1 Å². The molecule has 0 saturated carbocycles. The van der Waals surface area contributed by atoms with E-state index in [0.717, 1.165) is 0 Å². The molecule has 0 aromatic heterocycles. The Bertz CT molecular complexity index is 609. The van der Waals surface area contributed by atoms with Crippen LogP contribution in [-0.2, 0) is 14.3 Å². The standard InChI is InChI=1S/C16H18Br2O6/c1-15(2,17)13(20)23-10-6-9(12(19)22-5)7-11(8-10)24-14(21)16(3,4)18/h6-8H,1-5H3. The van der Waals surface area contributed by atoms with E-state index in [0.29, 0.717) is 0 Å². The molecule has 0 radical (unpaired) electrons. The molecular weight excluding hydrogens is 448 g/mol. The molecule has 1 aromatic carbocycles. The Hall–Kier alpha value is -1.41. The van der Waals surface area contributed by atoms with Crippen LogP contribution in [0.2, 0.25) is 0 Å². The minimum atomic E-state index is -0.914. The first-order valence-electron chi connectivity index (χ1n) is 6.90. The van der Waals surface area contributed by atoms with Crippen molar-refractivity contribution >= 4 is 49.8 Å². The van der Waals surface area contributed by atoms with Crippen molar-refractivity contribution in [2.45, 2.75) is 36.3 Å². The van der Waals surface area contributed by atoms with Crippen LogP contribution in [0, 0.1) is 0 Å². The van der Waals surface area contributed by atoms with Crippen molar-refractivity contribution in [3.05, 3.63) is 23.8 Å². The lowest BCUT2D eigenvalue weighted by atomic mass is 10.2. The SMILES string of the molecule is COC(=O)c1cc(OC(=O)C(C)(C)Br)cc(OC(=O)C(C)(C)Br)c1. The van der Waals surface area contributed by atoms with E-state index in [1.807, 2.05) is 0 Å². The fraction of sp³-hybridized carbons (Fsp3) is 0.438. The molecule has 0 saturated heterocycles. The zero-order valence-corrected chi connectivity index (χ0v) is 17.1. The number of halogens is 2. The van der Waals surface area contributed by atoms with Crippen molar-refractivity contribution in [1.82, 2.24) is 0 Å². The monoisotopic (exact) mass is 464 g/mol. The molecular formula is C16H18Br2O6. The highest BCUT2D eigenvalue weighted by Gasteiger charge is 2.28. The van der Waals surface area contributed by atoms with Crippen molar-refractivity contribution in [1.29, 1.82) is 0 Å². The van der Waals surface area contributed by atoms with E-state index in [4.69, 9.17) is 9.47 Å². The van der Waals surface area contributed by atoms with Gasteiger partial charge in [-0.3, -0.25) is 9.59 Å². The van der Waals surface area contributed by atoms with E-state index in [1.165, 1.54) is 25.3 Å². The maximum atomic E-state index is 12.0. The van der Waals surface area contributed by atoms with Crippen LogP contribution in [0.4, 0.5) is 0 Å². The molecule has 0 atom stereocenters. The van der Waals surface area contributed by atoms with Gasteiger partial charge in [0, 0.05) is 6.07 Å². The highest BCUT2D eigenvalue weighted by atomic mass is 79.9. The van der Waals surface area contributed by atoms with Crippen LogP contribution < -0.4 is 9.47 Å². The first kappa shape index (κ1) is 20.6. The van der Waals surface area contributed by atoms with E-state index in [9.17, 15) is 14.4 Å². The molecule has 0 aliphatic rings. The molecule has 0 aliphatic heterocycles. The summed E-state index contributed by atoms with van der Waals surface area (Å²) >= 11 is 6.38. The Labute approximate surface area is 157 Å². The smallest absolute Gasteiger partial charge is 0.338 e. The average Bonchev–Trinajstić information content (AvgIpc) is 2.44. The largest absolute Gasteiger partial charge is 0.465 e. The van der Waals surface area contributed by atoms with Gasteiger partial charge in [-0.1, -0.05) is 31.9 Å². The summed E-state index contributed by atoms with van der Waals surface area (Å²) in [4.78, 5) is 35.7. The van der Waals surface area contributed by atoms with Crippen molar-refractivity contribution in [2.75, 3.05) is 7.11 Å². The second-order valence-electron chi connectivity index (χ2n) is 5.91.